The zero-order chi connectivity index (χ0) is 10.4. The van der Waals surface area contributed by atoms with Crippen LogP contribution >= 0.6 is 11.8 Å². The van der Waals surface area contributed by atoms with E-state index in [2.05, 4.69) is 0 Å². The van der Waals surface area contributed by atoms with Crippen LogP contribution in [0.4, 0.5) is 4.39 Å². The minimum atomic E-state index is -1.08. The van der Waals surface area contributed by atoms with Crippen LogP contribution in [-0.4, -0.2) is 10.6 Å². The zero-order valence-corrected chi connectivity index (χ0v) is 8.89. The van der Waals surface area contributed by atoms with Crippen LogP contribution in [0.2, 0.25) is 0 Å². The molecule has 0 saturated carbocycles. The van der Waals surface area contributed by atoms with Gasteiger partial charge in [0.2, 0.25) is 5.12 Å². The van der Waals surface area contributed by atoms with Gasteiger partial charge in [-0.3, -0.25) is 4.79 Å². The van der Waals surface area contributed by atoms with Crippen molar-refractivity contribution in [2.45, 2.75) is 25.3 Å². The van der Waals surface area contributed by atoms with Gasteiger partial charge >= 0.3 is 0 Å². The first-order valence-corrected chi connectivity index (χ1v) is 5.52. The summed E-state index contributed by atoms with van der Waals surface area (Å²) in [5.74, 6) is 0. The molecule has 1 nitrogen and oxygen atoms in total. The van der Waals surface area contributed by atoms with Crippen molar-refractivity contribution in [3.05, 3.63) is 35.9 Å². The molecule has 0 spiro atoms. The van der Waals surface area contributed by atoms with Crippen LogP contribution in [0.15, 0.2) is 30.3 Å². The van der Waals surface area contributed by atoms with Gasteiger partial charge in [-0.05, 0) is 18.2 Å². The quantitative estimate of drug-likeness (QED) is 0.757. The third kappa shape index (κ3) is 3.50. The first kappa shape index (κ1) is 11.2. The normalized spacial score (nSPS) is 12.4. The topological polar surface area (TPSA) is 17.1 Å². The van der Waals surface area contributed by atoms with Crippen molar-refractivity contribution in [3.63, 3.8) is 0 Å². The maximum Gasteiger partial charge on any atom is 0.222 e. The molecule has 1 unspecified atom stereocenters. The fourth-order valence-corrected chi connectivity index (χ4v) is 1.90. The Morgan fingerprint density at radius 2 is 2.07 bits per heavy atom. The molecule has 0 saturated heterocycles. The van der Waals surface area contributed by atoms with Gasteiger partial charge in [-0.1, -0.05) is 43.7 Å². The molecule has 0 aliphatic heterocycles. The second kappa shape index (κ2) is 5.81. The maximum absolute atomic E-state index is 13.1. The molecule has 0 bridgehead atoms. The SMILES string of the molecule is CCCC(F)SC(=O)c1ccccc1. The number of alkyl halides is 1. The van der Waals surface area contributed by atoms with Crippen LogP contribution in [0.1, 0.15) is 30.1 Å². The largest absolute Gasteiger partial charge is 0.281 e. The van der Waals surface area contributed by atoms with Crippen LogP contribution in [0.3, 0.4) is 0 Å². The molecule has 14 heavy (non-hydrogen) atoms. The van der Waals surface area contributed by atoms with Gasteiger partial charge < -0.3 is 0 Å². The summed E-state index contributed by atoms with van der Waals surface area (Å²) < 4.78 is 13.1. The molecule has 1 aromatic carbocycles. The zero-order valence-electron chi connectivity index (χ0n) is 8.07. The molecule has 3 heteroatoms. The van der Waals surface area contributed by atoms with E-state index >= 15 is 0 Å². The summed E-state index contributed by atoms with van der Waals surface area (Å²) in [6.07, 6.45) is 1.19. The van der Waals surface area contributed by atoms with Gasteiger partial charge in [-0.25, -0.2) is 4.39 Å². The Bertz CT molecular complexity index is 287. The fourth-order valence-electron chi connectivity index (χ4n) is 1.04. The van der Waals surface area contributed by atoms with E-state index in [1.54, 1.807) is 24.3 Å². The van der Waals surface area contributed by atoms with E-state index in [1.807, 2.05) is 13.0 Å². The lowest BCUT2D eigenvalue weighted by Crippen LogP contribution is -2.00. The number of carbonyl (C=O) groups is 1. The van der Waals surface area contributed by atoms with E-state index in [9.17, 15) is 9.18 Å². The van der Waals surface area contributed by atoms with Crippen molar-refractivity contribution in [2.75, 3.05) is 0 Å². The molecule has 0 N–H and O–H groups in total. The molecular weight excluding hydrogens is 199 g/mol. The summed E-state index contributed by atoms with van der Waals surface area (Å²) in [5.41, 5.74) is -0.510. The average Bonchev–Trinajstić information content (AvgIpc) is 2.19. The van der Waals surface area contributed by atoms with Crippen molar-refractivity contribution >= 4 is 16.9 Å². The van der Waals surface area contributed by atoms with E-state index in [0.717, 1.165) is 18.2 Å². The molecule has 0 radical (unpaired) electrons. The van der Waals surface area contributed by atoms with Crippen LogP contribution < -0.4 is 0 Å². The smallest absolute Gasteiger partial charge is 0.222 e. The number of carbonyl (C=O) groups excluding carboxylic acids is 1. The molecule has 0 aliphatic carbocycles. The number of hydrogen-bond donors (Lipinski definition) is 0. The van der Waals surface area contributed by atoms with Crippen LogP contribution in [0, 0.1) is 0 Å². The lowest BCUT2D eigenvalue weighted by molar-refractivity contribution is 0.108. The van der Waals surface area contributed by atoms with E-state index in [-0.39, 0.29) is 5.12 Å². The van der Waals surface area contributed by atoms with E-state index in [4.69, 9.17) is 0 Å². The Hall–Kier alpha value is -0.830. The highest BCUT2D eigenvalue weighted by atomic mass is 32.2. The highest BCUT2D eigenvalue weighted by molar-refractivity contribution is 8.14. The summed E-state index contributed by atoms with van der Waals surface area (Å²) in [7, 11) is 0. The van der Waals surface area contributed by atoms with Gasteiger partial charge in [0.25, 0.3) is 0 Å². The monoisotopic (exact) mass is 212 g/mol. The van der Waals surface area contributed by atoms with Crippen LogP contribution in [0.25, 0.3) is 0 Å². The van der Waals surface area contributed by atoms with Crippen molar-refractivity contribution in [3.8, 4) is 0 Å². The fraction of sp³-hybridized carbons (Fsp3) is 0.364. The Kier molecular flexibility index (Phi) is 4.66. The maximum atomic E-state index is 13.1. The molecule has 0 amide bonds. The second-order valence-corrected chi connectivity index (χ2v) is 4.09. The lowest BCUT2D eigenvalue weighted by atomic mass is 10.2. The third-order valence-electron chi connectivity index (χ3n) is 1.76. The van der Waals surface area contributed by atoms with Gasteiger partial charge in [-0.2, -0.15) is 0 Å². The second-order valence-electron chi connectivity index (χ2n) is 2.97. The first-order chi connectivity index (χ1) is 6.74. The third-order valence-corrected chi connectivity index (χ3v) is 2.70. The highest BCUT2D eigenvalue weighted by Gasteiger charge is 2.13. The Balaban J connectivity index is 2.51. The number of thioether (sulfide) groups is 1. The molecule has 0 aliphatic rings. The Morgan fingerprint density at radius 3 is 2.64 bits per heavy atom. The summed E-state index contributed by atoms with van der Waals surface area (Å²) in [6, 6.07) is 8.80. The molecule has 0 aromatic heterocycles. The van der Waals surface area contributed by atoms with Gasteiger partial charge in [-0.15, -0.1) is 0 Å². The molecular formula is C11H13FOS. The van der Waals surface area contributed by atoms with Crippen LogP contribution in [-0.2, 0) is 0 Å². The van der Waals surface area contributed by atoms with Crippen molar-refractivity contribution in [1.29, 1.82) is 0 Å². The van der Waals surface area contributed by atoms with Gasteiger partial charge in [0.1, 0.15) is 0 Å². The minimum absolute atomic E-state index is 0.188. The molecule has 1 atom stereocenters. The van der Waals surface area contributed by atoms with E-state index in [1.165, 1.54) is 0 Å². The number of rotatable bonds is 4. The Labute approximate surface area is 87.7 Å². The summed E-state index contributed by atoms with van der Waals surface area (Å²) >= 11 is 0.772. The predicted octanol–water partition coefficient (Wildman–Crippen LogP) is 3.66. The van der Waals surface area contributed by atoms with Crippen molar-refractivity contribution < 1.29 is 9.18 Å². The van der Waals surface area contributed by atoms with Gasteiger partial charge in [0.05, 0.1) is 0 Å². The Morgan fingerprint density at radius 1 is 1.43 bits per heavy atom. The minimum Gasteiger partial charge on any atom is -0.281 e. The number of halogens is 1. The van der Waals surface area contributed by atoms with Gasteiger partial charge in [0, 0.05) is 5.56 Å². The summed E-state index contributed by atoms with van der Waals surface area (Å²) in [6.45, 7) is 1.90. The number of hydrogen-bond acceptors (Lipinski definition) is 2. The molecule has 1 rings (SSSR count). The lowest BCUT2D eigenvalue weighted by Gasteiger charge is -2.04. The predicted molar refractivity (Wildman–Crippen MR) is 58.2 cm³/mol. The molecule has 0 heterocycles. The highest BCUT2D eigenvalue weighted by Crippen LogP contribution is 2.22. The van der Waals surface area contributed by atoms with E-state index in [0.29, 0.717) is 12.0 Å². The summed E-state index contributed by atoms with van der Waals surface area (Å²) in [4.78, 5) is 11.5. The first-order valence-electron chi connectivity index (χ1n) is 4.64. The number of benzene rings is 1. The van der Waals surface area contributed by atoms with Gasteiger partial charge in [0.15, 0.2) is 5.50 Å². The molecule has 1 aromatic rings. The van der Waals surface area contributed by atoms with Crippen LogP contribution in [0.5, 0.6) is 0 Å². The standard InChI is InChI=1S/C11H13FOS/c1-2-6-10(12)14-11(13)9-7-4-3-5-8-9/h3-5,7-8,10H,2,6H2,1H3. The molecule has 76 valence electrons. The molecule has 0 fully saturated rings. The van der Waals surface area contributed by atoms with E-state index < -0.39 is 5.50 Å². The summed E-state index contributed by atoms with van der Waals surface area (Å²) in [5, 5.41) is -0.188. The average molecular weight is 212 g/mol. The van der Waals surface area contributed by atoms with Crippen molar-refractivity contribution in [2.24, 2.45) is 0 Å². The van der Waals surface area contributed by atoms with Crippen molar-refractivity contribution in [1.82, 2.24) is 0 Å².